The van der Waals surface area contributed by atoms with E-state index >= 15 is 0 Å². The summed E-state index contributed by atoms with van der Waals surface area (Å²) in [4.78, 5) is 28.1. The highest BCUT2D eigenvalue weighted by Gasteiger charge is 2.34. The number of halogens is 1. The summed E-state index contributed by atoms with van der Waals surface area (Å²) in [6.45, 7) is -0.228. The average Bonchev–Trinajstić information content (AvgIpc) is 2.97. The van der Waals surface area contributed by atoms with Crippen LogP contribution in [0.25, 0.3) is 6.08 Å². The summed E-state index contributed by atoms with van der Waals surface area (Å²) < 4.78 is 13.3. The number of amides is 2. The average molecular weight is 447 g/mol. The van der Waals surface area contributed by atoms with E-state index in [9.17, 15) is 24.2 Å². The van der Waals surface area contributed by atoms with Crippen molar-refractivity contribution in [1.29, 1.82) is 0 Å². The fraction of sp³-hybridized carbons (Fsp3) is 0.190. The van der Waals surface area contributed by atoms with Gasteiger partial charge in [0.15, 0.2) is 0 Å². The predicted octanol–water partition coefficient (Wildman–Crippen LogP) is 2.92. The molecule has 3 rings (SSSR count). The molecule has 2 aromatic carbocycles. The molecular formula is C21H19FN2O4S2. The van der Waals surface area contributed by atoms with Crippen molar-refractivity contribution in [3.05, 3.63) is 70.4 Å². The molecule has 2 aromatic rings. The van der Waals surface area contributed by atoms with Gasteiger partial charge in [-0.25, -0.2) is 4.39 Å². The summed E-state index contributed by atoms with van der Waals surface area (Å²) in [5, 5.41) is 19.6. The second-order valence-corrected chi connectivity index (χ2v) is 8.38. The van der Waals surface area contributed by atoms with E-state index < -0.39 is 12.0 Å². The number of hydrogen-bond donors (Lipinski definition) is 2. The number of aromatic hydroxyl groups is 1. The number of aliphatic hydroxyl groups excluding tert-OH is 1. The molecule has 1 atom stereocenters. The molecule has 0 saturated carbocycles. The third-order valence-electron chi connectivity index (χ3n) is 4.49. The number of carbonyl (C=O) groups is 2. The lowest BCUT2D eigenvalue weighted by Gasteiger charge is -2.23. The lowest BCUT2D eigenvalue weighted by molar-refractivity contribution is -0.135. The first-order valence-electron chi connectivity index (χ1n) is 8.96. The van der Waals surface area contributed by atoms with Gasteiger partial charge in [-0.3, -0.25) is 14.5 Å². The van der Waals surface area contributed by atoms with Crippen molar-refractivity contribution in [2.24, 2.45) is 0 Å². The van der Waals surface area contributed by atoms with E-state index in [4.69, 9.17) is 12.2 Å². The monoisotopic (exact) mass is 446 g/mol. The quantitative estimate of drug-likeness (QED) is 0.525. The molecule has 0 radical (unpaired) electrons. The van der Waals surface area contributed by atoms with Gasteiger partial charge in [0.05, 0.1) is 17.6 Å². The molecule has 1 heterocycles. The second-order valence-electron chi connectivity index (χ2n) is 6.70. The third kappa shape index (κ3) is 5.24. The van der Waals surface area contributed by atoms with Crippen LogP contribution in [0.1, 0.15) is 17.2 Å². The molecule has 1 aliphatic rings. The smallest absolute Gasteiger partial charge is 0.266 e. The molecule has 2 N–H and O–H groups in total. The van der Waals surface area contributed by atoms with Crippen molar-refractivity contribution in [3.63, 3.8) is 0 Å². The Morgan fingerprint density at radius 1 is 1.23 bits per heavy atom. The van der Waals surface area contributed by atoms with Gasteiger partial charge in [-0.1, -0.05) is 48.2 Å². The highest BCUT2D eigenvalue weighted by Crippen LogP contribution is 2.32. The molecule has 0 aliphatic carbocycles. The van der Waals surface area contributed by atoms with Gasteiger partial charge in [-0.15, -0.1) is 0 Å². The summed E-state index contributed by atoms with van der Waals surface area (Å²) in [5.74, 6) is -1.07. The van der Waals surface area contributed by atoms with E-state index in [0.29, 0.717) is 16.0 Å². The number of rotatable bonds is 6. The lowest BCUT2D eigenvalue weighted by atomic mass is 10.1. The van der Waals surface area contributed by atoms with Crippen molar-refractivity contribution < 1.29 is 24.2 Å². The molecule has 1 aliphatic heterocycles. The zero-order valence-electron chi connectivity index (χ0n) is 16.0. The fourth-order valence-corrected chi connectivity index (χ4v) is 4.02. The number of phenols is 1. The van der Waals surface area contributed by atoms with Crippen molar-refractivity contribution in [2.45, 2.75) is 6.10 Å². The normalized spacial score (nSPS) is 16.2. The van der Waals surface area contributed by atoms with Gasteiger partial charge < -0.3 is 15.1 Å². The molecule has 1 saturated heterocycles. The molecular weight excluding hydrogens is 427 g/mol. The standard InChI is InChI=1S/C21H19FN2O4S2/c1-23(11-17(26)14-4-8-16(25)9-5-14)19(27)12-24-20(28)18(30-21(24)29)10-13-2-6-15(22)7-3-13/h2-10,17,25-26H,11-12H2,1H3/b18-10-/t17-/m1/s1. The zero-order valence-corrected chi connectivity index (χ0v) is 17.6. The van der Waals surface area contributed by atoms with Gasteiger partial charge >= 0.3 is 0 Å². The Labute approximate surface area is 182 Å². The highest BCUT2D eigenvalue weighted by molar-refractivity contribution is 8.26. The van der Waals surface area contributed by atoms with E-state index in [1.165, 1.54) is 41.1 Å². The predicted molar refractivity (Wildman–Crippen MR) is 117 cm³/mol. The molecule has 9 heteroatoms. The molecule has 0 bridgehead atoms. The second kappa shape index (κ2) is 9.38. The molecule has 1 fully saturated rings. The summed E-state index contributed by atoms with van der Waals surface area (Å²) in [5.41, 5.74) is 1.21. The van der Waals surface area contributed by atoms with E-state index in [1.54, 1.807) is 30.3 Å². The number of likely N-dealkylation sites (N-methyl/N-ethyl adjacent to an activating group) is 1. The third-order valence-corrected chi connectivity index (χ3v) is 5.86. The van der Waals surface area contributed by atoms with Gasteiger partial charge in [0.25, 0.3) is 5.91 Å². The van der Waals surface area contributed by atoms with Gasteiger partial charge in [0.1, 0.15) is 22.4 Å². The molecule has 2 amide bonds. The van der Waals surface area contributed by atoms with Crippen LogP contribution in [0.15, 0.2) is 53.4 Å². The van der Waals surface area contributed by atoms with Crippen LogP contribution in [0.3, 0.4) is 0 Å². The summed E-state index contributed by atoms with van der Waals surface area (Å²) in [6.07, 6.45) is 0.658. The fourth-order valence-electron chi connectivity index (χ4n) is 2.77. The van der Waals surface area contributed by atoms with Crippen LogP contribution in [0.2, 0.25) is 0 Å². The number of nitrogens with zero attached hydrogens (tertiary/aromatic N) is 2. The molecule has 0 spiro atoms. The maximum atomic E-state index is 13.0. The maximum absolute atomic E-state index is 13.0. The number of aliphatic hydroxyl groups is 1. The molecule has 156 valence electrons. The first-order chi connectivity index (χ1) is 14.2. The van der Waals surface area contributed by atoms with Crippen molar-refractivity contribution in [3.8, 4) is 5.75 Å². The van der Waals surface area contributed by atoms with E-state index in [2.05, 4.69) is 0 Å². The number of hydrogen-bond acceptors (Lipinski definition) is 6. The van der Waals surface area contributed by atoms with Crippen molar-refractivity contribution in [2.75, 3.05) is 20.1 Å². The van der Waals surface area contributed by atoms with Crippen LogP contribution >= 0.6 is 24.0 Å². The van der Waals surface area contributed by atoms with Gasteiger partial charge in [-0.2, -0.15) is 0 Å². The first-order valence-corrected chi connectivity index (χ1v) is 10.2. The van der Waals surface area contributed by atoms with Crippen LogP contribution in [-0.4, -0.2) is 56.3 Å². The zero-order chi connectivity index (χ0) is 21.8. The minimum absolute atomic E-state index is 0.0177. The summed E-state index contributed by atoms with van der Waals surface area (Å²) in [6, 6.07) is 11.7. The van der Waals surface area contributed by atoms with Gasteiger partial charge in [-0.05, 0) is 41.5 Å². The number of thiocarbonyl (C=S) groups is 1. The van der Waals surface area contributed by atoms with E-state index in [1.807, 2.05) is 0 Å². The lowest BCUT2D eigenvalue weighted by Crippen LogP contribution is -2.41. The van der Waals surface area contributed by atoms with Gasteiger partial charge in [0.2, 0.25) is 5.91 Å². The number of phenolic OH excluding ortho intramolecular Hbond substituents is 1. The molecule has 6 nitrogen and oxygen atoms in total. The van der Waals surface area contributed by atoms with E-state index in [-0.39, 0.29) is 34.9 Å². The van der Waals surface area contributed by atoms with Crippen LogP contribution in [-0.2, 0) is 9.59 Å². The number of carbonyl (C=O) groups excluding carboxylic acids is 2. The Hall–Kier alpha value is -2.75. The Balaban J connectivity index is 1.62. The Morgan fingerprint density at radius 3 is 2.50 bits per heavy atom. The Bertz CT molecular complexity index is 993. The van der Waals surface area contributed by atoms with Crippen LogP contribution in [0, 0.1) is 5.82 Å². The minimum atomic E-state index is -0.941. The Morgan fingerprint density at radius 2 is 1.87 bits per heavy atom. The minimum Gasteiger partial charge on any atom is -0.508 e. The number of benzene rings is 2. The van der Waals surface area contributed by atoms with Crippen LogP contribution < -0.4 is 0 Å². The molecule has 30 heavy (non-hydrogen) atoms. The van der Waals surface area contributed by atoms with Crippen LogP contribution in [0.5, 0.6) is 5.75 Å². The largest absolute Gasteiger partial charge is 0.508 e. The van der Waals surface area contributed by atoms with Gasteiger partial charge in [0, 0.05) is 7.05 Å². The summed E-state index contributed by atoms with van der Waals surface area (Å²) >= 11 is 6.31. The Kier molecular flexibility index (Phi) is 6.86. The maximum Gasteiger partial charge on any atom is 0.266 e. The first kappa shape index (κ1) is 21.9. The van der Waals surface area contributed by atoms with Crippen molar-refractivity contribution >= 4 is 46.2 Å². The van der Waals surface area contributed by atoms with Crippen molar-refractivity contribution in [1.82, 2.24) is 9.80 Å². The number of thioether (sulfide) groups is 1. The van der Waals surface area contributed by atoms with Crippen LogP contribution in [0.4, 0.5) is 4.39 Å². The van der Waals surface area contributed by atoms with E-state index in [0.717, 1.165) is 11.8 Å². The topological polar surface area (TPSA) is 81.1 Å². The SMILES string of the molecule is CN(C[C@@H](O)c1ccc(O)cc1)C(=O)CN1C(=O)/C(=C/c2ccc(F)cc2)SC1=S. The molecule has 0 unspecified atom stereocenters. The molecule has 0 aromatic heterocycles. The summed E-state index contributed by atoms with van der Waals surface area (Å²) in [7, 11) is 1.53. The highest BCUT2D eigenvalue weighted by atomic mass is 32.2.